The second kappa shape index (κ2) is 37.2. The summed E-state index contributed by atoms with van der Waals surface area (Å²) in [6.45, 7) is 14.1. The molecule has 8 heteroatoms. The van der Waals surface area contributed by atoms with Gasteiger partial charge in [0, 0.05) is 19.3 Å². The minimum atomic E-state index is -0.830. The van der Waals surface area contributed by atoms with Crippen molar-refractivity contribution >= 4 is 23.9 Å². The number of carbonyl (C=O) groups is 4. The predicted octanol–water partition coefficient (Wildman–Crippen LogP) is 12.9. The van der Waals surface area contributed by atoms with Gasteiger partial charge in [-0.3, -0.25) is 19.2 Å². The summed E-state index contributed by atoms with van der Waals surface area (Å²) >= 11 is 0. The van der Waals surface area contributed by atoms with Crippen LogP contribution < -0.4 is 0 Å². The van der Waals surface area contributed by atoms with Crippen LogP contribution in [0.4, 0.5) is 0 Å². The minimum absolute atomic E-state index is 0.0715. The Kier molecular flexibility index (Phi) is 37.2. The minimum Gasteiger partial charge on any atom is -0.481 e. The maximum Gasteiger partial charge on any atom is 0.309 e. The van der Waals surface area contributed by atoms with E-state index in [0.717, 1.165) is 51.4 Å². The third kappa shape index (κ3) is 31.4. The molecule has 2 N–H and O–H groups in total. The Morgan fingerprint density at radius 2 is 0.827 bits per heavy atom. The largest absolute Gasteiger partial charge is 0.481 e. The number of carboxylic acids is 2. The summed E-state index contributed by atoms with van der Waals surface area (Å²) in [6.07, 6.45) is 27.5. The highest BCUT2D eigenvalue weighted by Gasteiger charge is 2.36. The summed E-state index contributed by atoms with van der Waals surface area (Å²) in [4.78, 5) is 46.5. The zero-order chi connectivity index (χ0) is 39.3. The van der Waals surface area contributed by atoms with Gasteiger partial charge in [-0.1, -0.05) is 157 Å². The van der Waals surface area contributed by atoms with E-state index in [1.54, 1.807) is 0 Å². The van der Waals surface area contributed by atoms with Crippen molar-refractivity contribution in [2.24, 2.45) is 17.3 Å². The lowest BCUT2D eigenvalue weighted by molar-refractivity contribution is -0.151. The number of carboxylic acid groups (broad SMARTS) is 2. The maximum absolute atomic E-state index is 12.1. The van der Waals surface area contributed by atoms with Crippen molar-refractivity contribution in [1.82, 2.24) is 0 Å². The first-order valence-electron chi connectivity index (χ1n) is 21.8. The number of esters is 2. The second-order valence-corrected chi connectivity index (χ2v) is 15.3. The molecule has 0 spiro atoms. The van der Waals surface area contributed by atoms with Crippen LogP contribution in [0.1, 0.15) is 228 Å². The molecule has 0 aromatic rings. The van der Waals surface area contributed by atoms with Gasteiger partial charge in [0.15, 0.2) is 0 Å². The molecule has 2 atom stereocenters. The smallest absolute Gasteiger partial charge is 0.309 e. The van der Waals surface area contributed by atoms with Gasteiger partial charge in [-0.05, 0) is 63.2 Å². The highest BCUT2D eigenvalue weighted by Crippen LogP contribution is 2.37. The van der Waals surface area contributed by atoms with Gasteiger partial charge >= 0.3 is 23.9 Å². The lowest BCUT2D eigenvalue weighted by Gasteiger charge is -2.30. The molecule has 0 radical (unpaired) electrons. The SMILES string of the molecule is CCCCC(CC)COC(=O)CCCCC(=O)OCC(CC)CCCC.CCCCCCCCC(CCCCCCCC)(CCCC(=O)O)C(=O)O. The third-order valence-electron chi connectivity index (χ3n) is 10.6. The summed E-state index contributed by atoms with van der Waals surface area (Å²) < 4.78 is 10.8. The number of aliphatic carboxylic acids is 2. The second-order valence-electron chi connectivity index (χ2n) is 15.3. The van der Waals surface area contributed by atoms with Gasteiger partial charge in [-0.25, -0.2) is 0 Å². The molecule has 0 heterocycles. The van der Waals surface area contributed by atoms with E-state index in [1.165, 1.54) is 77.0 Å². The highest BCUT2D eigenvalue weighted by atomic mass is 16.5. The Morgan fingerprint density at radius 3 is 1.17 bits per heavy atom. The molecule has 0 aromatic carbocycles. The average molecular weight is 741 g/mol. The van der Waals surface area contributed by atoms with Gasteiger partial charge in [0.2, 0.25) is 0 Å². The van der Waals surface area contributed by atoms with Crippen LogP contribution in [-0.2, 0) is 28.7 Å². The van der Waals surface area contributed by atoms with E-state index in [2.05, 4.69) is 41.5 Å². The molecule has 0 aromatic heterocycles. The molecule has 0 saturated heterocycles. The molecule has 0 bridgehead atoms. The molecule has 0 rings (SSSR count). The van der Waals surface area contributed by atoms with E-state index in [-0.39, 0.29) is 18.4 Å². The Bertz CT molecular complexity index is 807. The standard InChI is InChI=1S/2C22H42O4/c1-5-9-13-19(7-3)17-25-21(23)15-11-12-16-22(24)26-18-20(8-4)14-10-6-2;1-3-5-7-9-11-13-17-22(21(25)26,19-15-16-20(23)24)18-14-12-10-8-6-4-2/h19-20H,5-18H2,1-4H3;3-19H2,1-2H3,(H,23,24)(H,25,26). The lowest BCUT2D eigenvalue weighted by atomic mass is 9.74. The van der Waals surface area contributed by atoms with Crippen LogP contribution in [0.25, 0.3) is 0 Å². The maximum atomic E-state index is 12.1. The number of ether oxygens (including phenoxy) is 2. The van der Waals surface area contributed by atoms with Gasteiger partial charge in [0.05, 0.1) is 18.6 Å². The van der Waals surface area contributed by atoms with Crippen LogP contribution in [0.2, 0.25) is 0 Å². The normalized spacial score (nSPS) is 12.4. The van der Waals surface area contributed by atoms with E-state index in [4.69, 9.17) is 14.6 Å². The molecule has 0 amide bonds. The Labute approximate surface area is 320 Å². The number of carbonyl (C=O) groups excluding carboxylic acids is 2. The molecular formula is C44H84O8. The molecule has 0 fully saturated rings. The summed E-state index contributed by atoms with van der Waals surface area (Å²) in [7, 11) is 0. The zero-order valence-corrected chi connectivity index (χ0v) is 34.9. The number of rotatable bonds is 36. The van der Waals surface area contributed by atoms with E-state index in [9.17, 15) is 24.3 Å². The van der Waals surface area contributed by atoms with Crippen LogP contribution in [0.15, 0.2) is 0 Å². The van der Waals surface area contributed by atoms with Crippen LogP contribution in [-0.4, -0.2) is 47.3 Å². The molecular weight excluding hydrogens is 656 g/mol. The third-order valence-corrected chi connectivity index (χ3v) is 10.6. The van der Waals surface area contributed by atoms with Crippen LogP contribution >= 0.6 is 0 Å². The van der Waals surface area contributed by atoms with Gasteiger partial charge in [0.25, 0.3) is 0 Å². The molecule has 8 nitrogen and oxygen atoms in total. The summed E-state index contributed by atoms with van der Waals surface area (Å²) in [5.41, 5.74) is -0.717. The molecule has 52 heavy (non-hydrogen) atoms. The van der Waals surface area contributed by atoms with Crippen molar-refractivity contribution in [1.29, 1.82) is 0 Å². The van der Waals surface area contributed by atoms with E-state index >= 15 is 0 Å². The van der Waals surface area contributed by atoms with Crippen LogP contribution in [0, 0.1) is 17.3 Å². The number of hydrogen-bond acceptors (Lipinski definition) is 6. The molecule has 0 aliphatic rings. The van der Waals surface area contributed by atoms with E-state index in [1.807, 2.05) is 0 Å². The topological polar surface area (TPSA) is 127 Å². The Morgan fingerprint density at radius 1 is 0.462 bits per heavy atom. The fraction of sp³-hybridized carbons (Fsp3) is 0.909. The molecule has 2 unspecified atom stereocenters. The first-order chi connectivity index (χ1) is 25.0. The predicted molar refractivity (Wildman–Crippen MR) is 215 cm³/mol. The van der Waals surface area contributed by atoms with Crippen molar-refractivity contribution in [2.45, 2.75) is 228 Å². The van der Waals surface area contributed by atoms with Crippen LogP contribution in [0.5, 0.6) is 0 Å². The quantitative estimate of drug-likeness (QED) is 0.0480. The van der Waals surface area contributed by atoms with Crippen molar-refractivity contribution < 1.29 is 38.9 Å². The molecule has 0 saturated carbocycles. The van der Waals surface area contributed by atoms with Gasteiger partial charge < -0.3 is 19.7 Å². The first kappa shape index (κ1) is 52.0. The summed E-state index contributed by atoms with van der Waals surface area (Å²) in [5, 5.41) is 18.8. The first-order valence-corrected chi connectivity index (χ1v) is 21.8. The van der Waals surface area contributed by atoms with Crippen molar-refractivity contribution in [3.05, 3.63) is 0 Å². The number of hydrogen-bond donors (Lipinski definition) is 2. The Hall–Kier alpha value is -2.12. The molecule has 308 valence electrons. The van der Waals surface area contributed by atoms with Crippen LogP contribution in [0.3, 0.4) is 0 Å². The molecule has 0 aliphatic heterocycles. The summed E-state index contributed by atoms with van der Waals surface area (Å²) in [6, 6.07) is 0. The van der Waals surface area contributed by atoms with Crippen molar-refractivity contribution in [3.8, 4) is 0 Å². The number of unbranched alkanes of at least 4 members (excludes halogenated alkanes) is 13. The molecule has 0 aliphatic carbocycles. The summed E-state index contributed by atoms with van der Waals surface area (Å²) in [5.74, 6) is -0.868. The van der Waals surface area contributed by atoms with Crippen molar-refractivity contribution in [2.75, 3.05) is 13.2 Å². The van der Waals surface area contributed by atoms with E-state index in [0.29, 0.717) is 76.4 Å². The average Bonchev–Trinajstić information content (AvgIpc) is 3.12. The fourth-order valence-corrected chi connectivity index (χ4v) is 6.66. The van der Waals surface area contributed by atoms with E-state index < -0.39 is 17.4 Å². The van der Waals surface area contributed by atoms with Gasteiger partial charge in [-0.15, -0.1) is 0 Å². The lowest BCUT2D eigenvalue weighted by Crippen LogP contribution is -2.31. The van der Waals surface area contributed by atoms with Gasteiger partial charge in [-0.2, -0.15) is 0 Å². The highest BCUT2D eigenvalue weighted by molar-refractivity contribution is 5.74. The van der Waals surface area contributed by atoms with Crippen molar-refractivity contribution in [3.63, 3.8) is 0 Å². The Balaban J connectivity index is 0. The monoisotopic (exact) mass is 741 g/mol. The zero-order valence-electron chi connectivity index (χ0n) is 34.9. The fourth-order valence-electron chi connectivity index (χ4n) is 6.66. The van der Waals surface area contributed by atoms with Gasteiger partial charge in [0.1, 0.15) is 0 Å².